The van der Waals surface area contributed by atoms with E-state index in [0.717, 1.165) is 25.1 Å². The minimum atomic E-state index is -0.472. The highest BCUT2D eigenvalue weighted by molar-refractivity contribution is 6.32. The third-order valence-electron chi connectivity index (χ3n) is 2.97. The molecular weight excluding hydrogens is 276 g/mol. The molecule has 2 rings (SSSR count). The van der Waals surface area contributed by atoms with Crippen molar-refractivity contribution in [2.24, 2.45) is 0 Å². The molecule has 2 aromatic carbocycles. The number of hydrogen-bond acceptors (Lipinski definition) is 3. The van der Waals surface area contributed by atoms with E-state index in [1.54, 1.807) is 12.1 Å². The van der Waals surface area contributed by atoms with Crippen LogP contribution in [0.2, 0.25) is 5.02 Å². The molecule has 0 aliphatic rings. The molecule has 0 aliphatic heterocycles. The van der Waals surface area contributed by atoms with Crippen molar-refractivity contribution in [1.82, 2.24) is 5.32 Å². The van der Waals surface area contributed by atoms with Gasteiger partial charge in [0.05, 0.1) is 4.92 Å². The quantitative estimate of drug-likeness (QED) is 0.502. The lowest BCUT2D eigenvalue weighted by Gasteiger charge is -2.05. The predicted molar refractivity (Wildman–Crippen MR) is 80.0 cm³/mol. The molecule has 1 N–H and O–H groups in total. The Bertz CT molecular complexity index is 588. The minimum absolute atomic E-state index is 0.0485. The molecule has 0 spiro atoms. The molecule has 0 fully saturated rings. The second kappa shape index (κ2) is 7.03. The highest BCUT2D eigenvalue weighted by Crippen LogP contribution is 2.24. The molecule has 0 amide bonds. The lowest BCUT2D eigenvalue weighted by Crippen LogP contribution is -2.16. The topological polar surface area (TPSA) is 55.2 Å². The van der Waals surface area contributed by atoms with Gasteiger partial charge in [-0.15, -0.1) is 0 Å². The maximum atomic E-state index is 10.7. The van der Waals surface area contributed by atoms with Crippen LogP contribution < -0.4 is 5.32 Å². The monoisotopic (exact) mass is 290 g/mol. The lowest BCUT2D eigenvalue weighted by molar-refractivity contribution is -0.384. The summed E-state index contributed by atoms with van der Waals surface area (Å²) in [6.45, 7) is 1.60. The van der Waals surface area contributed by atoms with Crippen molar-refractivity contribution in [2.75, 3.05) is 6.54 Å². The maximum absolute atomic E-state index is 10.7. The van der Waals surface area contributed by atoms with E-state index >= 15 is 0 Å². The number of nitrogens with one attached hydrogen (secondary N) is 1. The molecule has 0 saturated heterocycles. The zero-order valence-electron chi connectivity index (χ0n) is 10.9. The van der Waals surface area contributed by atoms with Crippen molar-refractivity contribution in [3.63, 3.8) is 0 Å². The molecule has 0 atom stereocenters. The first-order valence-corrected chi connectivity index (χ1v) is 6.72. The molecule has 0 bridgehead atoms. The summed E-state index contributed by atoms with van der Waals surface area (Å²) in [5.41, 5.74) is 2.17. The molecule has 2 aromatic rings. The summed E-state index contributed by atoms with van der Waals surface area (Å²) in [6.07, 6.45) is 0.782. The van der Waals surface area contributed by atoms with Crippen LogP contribution in [0, 0.1) is 10.1 Å². The Morgan fingerprint density at radius 2 is 1.85 bits per heavy atom. The van der Waals surface area contributed by atoms with Crippen molar-refractivity contribution < 1.29 is 4.92 Å². The minimum Gasteiger partial charge on any atom is -0.312 e. The number of hydrogen-bond donors (Lipinski definition) is 1. The second-order valence-electron chi connectivity index (χ2n) is 4.46. The highest BCUT2D eigenvalue weighted by Gasteiger charge is 2.11. The zero-order valence-corrected chi connectivity index (χ0v) is 11.6. The van der Waals surface area contributed by atoms with Crippen LogP contribution >= 0.6 is 11.6 Å². The molecule has 0 aliphatic carbocycles. The number of nitrogens with zero attached hydrogens (tertiary/aromatic N) is 1. The predicted octanol–water partition coefficient (Wildman–Crippen LogP) is 3.58. The summed E-state index contributed by atoms with van der Waals surface area (Å²) in [5.74, 6) is 0. The second-order valence-corrected chi connectivity index (χ2v) is 4.86. The first-order valence-electron chi connectivity index (χ1n) is 6.34. The van der Waals surface area contributed by atoms with Gasteiger partial charge in [-0.1, -0.05) is 48.0 Å². The Hall–Kier alpha value is -1.91. The van der Waals surface area contributed by atoms with Gasteiger partial charge in [-0.2, -0.15) is 0 Å². The van der Waals surface area contributed by atoms with Crippen molar-refractivity contribution in [3.05, 3.63) is 74.8 Å². The van der Waals surface area contributed by atoms with E-state index in [0.29, 0.717) is 0 Å². The Labute approximate surface area is 122 Å². The van der Waals surface area contributed by atoms with E-state index in [9.17, 15) is 10.1 Å². The van der Waals surface area contributed by atoms with Gasteiger partial charge in [0.15, 0.2) is 0 Å². The summed E-state index contributed by atoms with van der Waals surface area (Å²) in [5, 5.41) is 14.2. The molecule has 5 heteroatoms. The lowest BCUT2D eigenvalue weighted by atomic mass is 10.1. The number of nitro groups is 1. The Balaban J connectivity index is 1.83. The van der Waals surface area contributed by atoms with Crippen molar-refractivity contribution >= 4 is 17.3 Å². The van der Waals surface area contributed by atoms with Crippen LogP contribution in [0.25, 0.3) is 0 Å². The van der Waals surface area contributed by atoms with Crippen molar-refractivity contribution in [3.8, 4) is 0 Å². The van der Waals surface area contributed by atoms with Crippen LogP contribution in [0.3, 0.4) is 0 Å². The van der Waals surface area contributed by atoms with Crippen LogP contribution in [-0.2, 0) is 13.0 Å². The SMILES string of the molecule is O=[N+]([O-])c1ccc(CCNCc2ccccc2)cc1Cl. The summed E-state index contributed by atoms with van der Waals surface area (Å²) in [6, 6.07) is 15.0. The molecule has 0 aromatic heterocycles. The Kier molecular flexibility index (Phi) is 5.09. The first-order chi connectivity index (χ1) is 9.66. The molecular formula is C15H15ClN2O2. The fraction of sp³-hybridized carbons (Fsp3) is 0.200. The number of nitro benzene ring substituents is 1. The van der Waals surface area contributed by atoms with E-state index in [2.05, 4.69) is 17.4 Å². The summed E-state index contributed by atoms with van der Waals surface area (Å²) in [7, 11) is 0. The van der Waals surface area contributed by atoms with Gasteiger partial charge in [0, 0.05) is 12.6 Å². The number of rotatable bonds is 6. The molecule has 0 heterocycles. The first kappa shape index (κ1) is 14.5. The molecule has 104 valence electrons. The highest BCUT2D eigenvalue weighted by atomic mass is 35.5. The van der Waals surface area contributed by atoms with Gasteiger partial charge in [-0.05, 0) is 30.2 Å². The van der Waals surface area contributed by atoms with E-state index < -0.39 is 4.92 Å². The van der Waals surface area contributed by atoms with Crippen molar-refractivity contribution in [1.29, 1.82) is 0 Å². The molecule has 0 radical (unpaired) electrons. The van der Waals surface area contributed by atoms with Gasteiger partial charge < -0.3 is 5.32 Å². The largest absolute Gasteiger partial charge is 0.312 e. The Morgan fingerprint density at radius 3 is 2.50 bits per heavy atom. The number of halogens is 1. The van der Waals surface area contributed by atoms with Gasteiger partial charge in [-0.3, -0.25) is 10.1 Å². The molecule has 20 heavy (non-hydrogen) atoms. The third kappa shape index (κ3) is 4.05. The van der Waals surface area contributed by atoms with Gasteiger partial charge in [0.1, 0.15) is 5.02 Å². The average molecular weight is 291 g/mol. The van der Waals surface area contributed by atoms with Gasteiger partial charge in [-0.25, -0.2) is 0 Å². The summed E-state index contributed by atoms with van der Waals surface area (Å²) in [4.78, 5) is 10.2. The van der Waals surface area contributed by atoms with Crippen molar-refractivity contribution in [2.45, 2.75) is 13.0 Å². The molecule has 0 saturated carbocycles. The standard InChI is InChI=1S/C15H15ClN2O2/c16-14-10-12(6-7-15(14)18(19)20)8-9-17-11-13-4-2-1-3-5-13/h1-7,10,17H,8-9,11H2. The fourth-order valence-corrected chi connectivity index (χ4v) is 2.19. The van der Waals surface area contributed by atoms with Gasteiger partial charge in [0.25, 0.3) is 5.69 Å². The van der Waals surface area contributed by atoms with Crippen LogP contribution in [0.15, 0.2) is 48.5 Å². The normalized spacial score (nSPS) is 10.4. The van der Waals surface area contributed by atoms with Crippen LogP contribution in [0.5, 0.6) is 0 Å². The van der Waals surface area contributed by atoms with Crippen LogP contribution in [0.4, 0.5) is 5.69 Å². The van der Waals surface area contributed by atoms with E-state index in [1.165, 1.54) is 11.6 Å². The van der Waals surface area contributed by atoms with E-state index in [4.69, 9.17) is 11.6 Å². The number of benzene rings is 2. The maximum Gasteiger partial charge on any atom is 0.287 e. The van der Waals surface area contributed by atoms with Crippen LogP contribution in [0.1, 0.15) is 11.1 Å². The van der Waals surface area contributed by atoms with Gasteiger partial charge >= 0.3 is 0 Å². The smallest absolute Gasteiger partial charge is 0.287 e. The fourth-order valence-electron chi connectivity index (χ4n) is 1.92. The Morgan fingerprint density at radius 1 is 1.10 bits per heavy atom. The van der Waals surface area contributed by atoms with Gasteiger partial charge in [0.2, 0.25) is 0 Å². The zero-order chi connectivity index (χ0) is 14.4. The average Bonchev–Trinajstić information content (AvgIpc) is 2.44. The molecule has 0 unspecified atom stereocenters. The summed E-state index contributed by atoms with van der Waals surface area (Å²) >= 11 is 5.87. The van der Waals surface area contributed by atoms with Crippen LogP contribution in [-0.4, -0.2) is 11.5 Å². The third-order valence-corrected chi connectivity index (χ3v) is 3.27. The van der Waals surface area contributed by atoms with E-state index in [1.807, 2.05) is 18.2 Å². The summed E-state index contributed by atoms with van der Waals surface area (Å²) < 4.78 is 0. The molecule has 4 nitrogen and oxygen atoms in total. The van der Waals surface area contributed by atoms with E-state index in [-0.39, 0.29) is 10.7 Å².